The van der Waals surface area contributed by atoms with Crippen molar-refractivity contribution >= 4 is 23.1 Å². The van der Waals surface area contributed by atoms with Crippen molar-refractivity contribution in [2.45, 2.75) is 32.1 Å². The van der Waals surface area contributed by atoms with E-state index in [0.717, 1.165) is 49.3 Å². The summed E-state index contributed by atoms with van der Waals surface area (Å²) in [5, 5.41) is 9.35. The molecule has 0 aliphatic carbocycles. The molecule has 1 N–H and O–H groups in total. The summed E-state index contributed by atoms with van der Waals surface area (Å²) >= 11 is 0. The largest absolute Gasteiger partial charge is 0.396 e. The Labute approximate surface area is 178 Å². The SMILES string of the molecule is O=C(Cc1ccccc1)C[C@@H]1CCCN(c2ccc(N3CCC(CO)C3)cc2)C1=O. The molecule has 0 radical (unpaired) electrons. The molecule has 2 saturated heterocycles. The molecule has 2 fully saturated rings. The van der Waals surface area contributed by atoms with Crippen molar-refractivity contribution in [2.75, 3.05) is 36.0 Å². The molecule has 4 rings (SSSR count). The van der Waals surface area contributed by atoms with Crippen LogP contribution in [-0.2, 0) is 16.0 Å². The molecule has 0 aromatic heterocycles. The van der Waals surface area contributed by atoms with Gasteiger partial charge in [0.1, 0.15) is 5.78 Å². The van der Waals surface area contributed by atoms with E-state index >= 15 is 0 Å². The van der Waals surface area contributed by atoms with E-state index in [1.165, 1.54) is 0 Å². The van der Waals surface area contributed by atoms with Crippen molar-refractivity contribution in [3.05, 3.63) is 60.2 Å². The van der Waals surface area contributed by atoms with Crippen LogP contribution >= 0.6 is 0 Å². The van der Waals surface area contributed by atoms with E-state index in [0.29, 0.717) is 25.3 Å². The van der Waals surface area contributed by atoms with Crippen molar-refractivity contribution in [1.82, 2.24) is 0 Å². The highest BCUT2D eigenvalue weighted by Gasteiger charge is 2.31. The molecule has 2 aromatic carbocycles. The Bertz CT molecular complexity index is 866. The maximum absolute atomic E-state index is 13.1. The first kappa shape index (κ1) is 20.6. The van der Waals surface area contributed by atoms with Gasteiger partial charge in [-0.25, -0.2) is 0 Å². The number of aliphatic hydroxyl groups is 1. The number of hydrogen-bond donors (Lipinski definition) is 1. The number of Topliss-reactive ketones (excluding diaryl/α,β-unsaturated/α-hetero) is 1. The van der Waals surface area contributed by atoms with E-state index < -0.39 is 0 Å². The maximum atomic E-state index is 13.1. The third-order valence-corrected chi connectivity index (χ3v) is 6.34. The van der Waals surface area contributed by atoms with Gasteiger partial charge in [0.15, 0.2) is 0 Å². The molecule has 158 valence electrons. The van der Waals surface area contributed by atoms with E-state index in [9.17, 15) is 14.7 Å². The molecule has 30 heavy (non-hydrogen) atoms. The molecule has 5 heteroatoms. The van der Waals surface area contributed by atoms with Gasteiger partial charge in [0.05, 0.1) is 0 Å². The first-order valence-electron chi connectivity index (χ1n) is 11.0. The van der Waals surface area contributed by atoms with E-state index in [1.807, 2.05) is 47.4 Å². The summed E-state index contributed by atoms with van der Waals surface area (Å²) in [5.74, 6) is 0.321. The minimum absolute atomic E-state index is 0.0666. The maximum Gasteiger partial charge on any atom is 0.230 e. The second kappa shape index (κ2) is 9.43. The van der Waals surface area contributed by atoms with Gasteiger partial charge in [-0.3, -0.25) is 9.59 Å². The lowest BCUT2D eigenvalue weighted by molar-refractivity contribution is -0.128. The second-order valence-electron chi connectivity index (χ2n) is 8.53. The van der Waals surface area contributed by atoms with Gasteiger partial charge >= 0.3 is 0 Å². The van der Waals surface area contributed by atoms with Crippen LogP contribution in [0.25, 0.3) is 0 Å². The summed E-state index contributed by atoms with van der Waals surface area (Å²) in [6.45, 7) is 2.78. The molecule has 2 aromatic rings. The highest BCUT2D eigenvalue weighted by Crippen LogP contribution is 2.30. The molecule has 5 nitrogen and oxygen atoms in total. The number of rotatable bonds is 7. The van der Waals surface area contributed by atoms with Gasteiger partial charge in [0.2, 0.25) is 5.91 Å². The lowest BCUT2D eigenvalue weighted by Gasteiger charge is -2.32. The van der Waals surface area contributed by atoms with Crippen LogP contribution < -0.4 is 9.80 Å². The monoisotopic (exact) mass is 406 g/mol. The van der Waals surface area contributed by atoms with Gasteiger partial charge in [-0.2, -0.15) is 0 Å². The predicted molar refractivity (Wildman–Crippen MR) is 119 cm³/mol. The normalized spacial score (nSPS) is 21.8. The van der Waals surface area contributed by atoms with Crippen LogP contribution in [0.1, 0.15) is 31.2 Å². The third kappa shape index (κ3) is 4.73. The van der Waals surface area contributed by atoms with E-state index in [-0.39, 0.29) is 24.2 Å². The topological polar surface area (TPSA) is 60.9 Å². The summed E-state index contributed by atoms with van der Waals surface area (Å²) < 4.78 is 0. The van der Waals surface area contributed by atoms with Crippen LogP contribution in [0.3, 0.4) is 0 Å². The number of anilines is 2. The minimum Gasteiger partial charge on any atom is -0.396 e. The lowest BCUT2D eigenvalue weighted by atomic mass is 9.90. The number of carbonyl (C=O) groups is 2. The van der Waals surface area contributed by atoms with Crippen molar-refractivity contribution < 1.29 is 14.7 Å². The van der Waals surface area contributed by atoms with E-state index in [2.05, 4.69) is 17.0 Å². The fraction of sp³-hybridized carbons (Fsp3) is 0.440. The van der Waals surface area contributed by atoms with Gasteiger partial charge in [-0.15, -0.1) is 0 Å². The number of carbonyl (C=O) groups excluding carboxylic acids is 2. The van der Waals surface area contributed by atoms with Crippen molar-refractivity contribution in [2.24, 2.45) is 11.8 Å². The van der Waals surface area contributed by atoms with Crippen LogP contribution in [-0.4, -0.2) is 43.0 Å². The molecule has 2 aliphatic heterocycles. The average molecular weight is 407 g/mol. The third-order valence-electron chi connectivity index (χ3n) is 6.34. The molecule has 0 saturated carbocycles. The summed E-state index contributed by atoms with van der Waals surface area (Å²) in [5.41, 5.74) is 3.04. The summed E-state index contributed by atoms with van der Waals surface area (Å²) in [6.07, 6.45) is 3.43. The number of benzene rings is 2. The van der Waals surface area contributed by atoms with Crippen molar-refractivity contribution in [3.8, 4) is 0 Å². The molecule has 1 unspecified atom stereocenters. The minimum atomic E-state index is -0.224. The Morgan fingerprint density at radius 2 is 1.70 bits per heavy atom. The second-order valence-corrected chi connectivity index (χ2v) is 8.53. The number of ketones is 1. The number of amides is 1. The zero-order chi connectivity index (χ0) is 20.9. The van der Waals surface area contributed by atoms with Crippen LogP contribution in [0, 0.1) is 11.8 Å². The summed E-state index contributed by atoms with van der Waals surface area (Å²) in [4.78, 5) is 29.7. The standard InChI is InChI=1S/C25H30N2O3/c28-18-20-12-14-26(17-20)22-8-10-23(11-9-22)27-13-4-7-21(25(27)30)16-24(29)15-19-5-2-1-3-6-19/h1-3,5-6,8-11,20-21,28H,4,7,12-18H2/t20?,21-/m0/s1. The number of aliphatic hydroxyl groups excluding tert-OH is 1. The van der Waals surface area contributed by atoms with Gasteiger partial charge < -0.3 is 14.9 Å². The van der Waals surface area contributed by atoms with Crippen molar-refractivity contribution in [1.29, 1.82) is 0 Å². The van der Waals surface area contributed by atoms with Crippen LogP contribution in [0.15, 0.2) is 54.6 Å². The Kier molecular flexibility index (Phi) is 6.48. The summed E-state index contributed by atoms with van der Waals surface area (Å²) in [6, 6.07) is 17.9. The van der Waals surface area contributed by atoms with Gasteiger partial charge in [-0.05, 0) is 49.1 Å². The number of hydrogen-bond acceptors (Lipinski definition) is 4. The highest BCUT2D eigenvalue weighted by atomic mass is 16.3. The van der Waals surface area contributed by atoms with Crippen LogP contribution in [0.2, 0.25) is 0 Å². The Balaban J connectivity index is 1.37. The predicted octanol–water partition coefficient (Wildman–Crippen LogP) is 3.45. The first-order chi connectivity index (χ1) is 14.6. The van der Waals surface area contributed by atoms with Gasteiger partial charge in [-0.1, -0.05) is 30.3 Å². The Morgan fingerprint density at radius 3 is 2.40 bits per heavy atom. The Morgan fingerprint density at radius 1 is 0.967 bits per heavy atom. The molecule has 1 amide bonds. The van der Waals surface area contributed by atoms with Gasteiger partial charge in [0.25, 0.3) is 0 Å². The molecule has 2 aliphatic rings. The number of piperidine rings is 1. The quantitative estimate of drug-likeness (QED) is 0.765. The summed E-state index contributed by atoms with van der Waals surface area (Å²) in [7, 11) is 0. The number of nitrogens with zero attached hydrogens (tertiary/aromatic N) is 2. The average Bonchev–Trinajstić information content (AvgIpc) is 3.25. The fourth-order valence-electron chi connectivity index (χ4n) is 4.63. The highest BCUT2D eigenvalue weighted by molar-refractivity contribution is 5.98. The smallest absolute Gasteiger partial charge is 0.230 e. The zero-order valence-electron chi connectivity index (χ0n) is 17.4. The zero-order valence-corrected chi connectivity index (χ0v) is 17.4. The van der Waals surface area contributed by atoms with Crippen molar-refractivity contribution in [3.63, 3.8) is 0 Å². The molecular formula is C25H30N2O3. The fourth-order valence-corrected chi connectivity index (χ4v) is 4.63. The molecule has 0 spiro atoms. The molecule has 2 heterocycles. The first-order valence-corrected chi connectivity index (χ1v) is 11.0. The molecule has 0 bridgehead atoms. The van der Waals surface area contributed by atoms with Crippen LogP contribution in [0.4, 0.5) is 11.4 Å². The van der Waals surface area contributed by atoms with Gasteiger partial charge in [0, 0.05) is 62.3 Å². The van der Waals surface area contributed by atoms with E-state index in [1.54, 1.807) is 0 Å². The Hall–Kier alpha value is -2.66. The van der Waals surface area contributed by atoms with Crippen LogP contribution in [0.5, 0.6) is 0 Å². The molecular weight excluding hydrogens is 376 g/mol. The molecule has 2 atom stereocenters. The van der Waals surface area contributed by atoms with E-state index in [4.69, 9.17) is 0 Å². The lowest BCUT2D eigenvalue weighted by Crippen LogP contribution is -2.42.